The third-order valence-corrected chi connectivity index (χ3v) is 5.78. The summed E-state index contributed by atoms with van der Waals surface area (Å²) in [6.07, 6.45) is 2.76. The summed E-state index contributed by atoms with van der Waals surface area (Å²) < 4.78 is 5.22. The monoisotopic (exact) mass is 459 g/mol. The second-order valence-electron chi connectivity index (χ2n) is 8.12. The number of aromatic nitrogens is 1. The first-order valence-electron chi connectivity index (χ1n) is 10.6. The number of anilines is 1. The molecule has 1 fully saturated rings. The van der Waals surface area contributed by atoms with Crippen molar-refractivity contribution in [3.8, 4) is 5.75 Å². The number of amides is 3. The zero-order valence-electron chi connectivity index (χ0n) is 18.7. The molecule has 1 aromatic heterocycles. The molecule has 1 saturated heterocycles. The fourth-order valence-corrected chi connectivity index (χ4v) is 3.85. The summed E-state index contributed by atoms with van der Waals surface area (Å²) in [5, 5.41) is 6.51. The topological polar surface area (TPSA) is 86.8 Å². The zero-order chi connectivity index (χ0) is 23.1. The molecule has 0 spiro atoms. The van der Waals surface area contributed by atoms with Crippen LogP contribution in [0.4, 0.5) is 10.5 Å². The number of urea groups is 1. The molecule has 2 atom stereocenters. The number of piperidine rings is 1. The van der Waals surface area contributed by atoms with E-state index in [2.05, 4.69) is 15.6 Å². The lowest BCUT2D eigenvalue weighted by molar-refractivity contribution is -0.132. The zero-order valence-corrected chi connectivity index (χ0v) is 19.4. The van der Waals surface area contributed by atoms with Crippen LogP contribution in [0.2, 0.25) is 5.02 Å². The molecule has 1 aliphatic rings. The van der Waals surface area contributed by atoms with Gasteiger partial charge in [-0.1, -0.05) is 11.6 Å². The first-order valence-corrected chi connectivity index (χ1v) is 11.0. The van der Waals surface area contributed by atoms with Gasteiger partial charge < -0.3 is 25.2 Å². The maximum Gasteiger partial charge on any atom is 0.319 e. The Morgan fingerprint density at radius 1 is 1.22 bits per heavy atom. The molecule has 9 heteroatoms. The number of nitrogens with one attached hydrogen (secondary N) is 2. The first-order chi connectivity index (χ1) is 15.4. The Labute approximate surface area is 193 Å². The molecule has 0 radical (unpaired) electrons. The number of likely N-dealkylation sites (tertiary alicyclic amines) is 1. The molecule has 1 aromatic carbocycles. The van der Waals surface area contributed by atoms with E-state index in [4.69, 9.17) is 16.3 Å². The average Bonchev–Trinajstić information content (AvgIpc) is 2.79. The number of benzene rings is 1. The number of hydrogen-bond donors (Lipinski definition) is 2. The molecule has 32 heavy (non-hydrogen) atoms. The van der Waals surface area contributed by atoms with Crippen LogP contribution in [-0.2, 0) is 4.79 Å². The fourth-order valence-electron chi connectivity index (χ4n) is 3.73. The number of nitrogens with zero attached hydrogens (tertiary/aromatic N) is 3. The Morgan fingerprint density at radius 3 is 2.59 bits per heavy atom. The standard InChI is InChI=1S/C23H30ClN5O3/c1-28(2)12-11-22(30)29-13-10-21(19(15-29)20-9-8-18(32-3)14-25-20)27-23(31)26-17-6-4-16(24)5-7-17/h4-9,14,19,21H,10-13,15H2,1-3H3,(H2,26,27,31)/t19-,21+/m0/s1. The Balaban J connectivity index is 1.71. The third kappa shape index (κ3) is 6.58. The Bertz CT molecular complexity index is 905. The normalized spacial score (nSPS) is 18.3. The minimum absolute atomic E-state index is 0.112. The van der Waals surface area contributed by atoms with Crippen molar-refractivity contribution in [2.24, 2.45) is 0 Å². The van der Waals surface area contributed by atoms with Crippen LogP contribution in [-0.4, -0.2) is 73.6 Å². The van der Waals surface area contributed by atoms with Gasteiger partial charge in [0.15, 0.2) is 0 Å². The second-order valence-corrected chi connectivity index (χ2v) is 8.56. The highest BCUT2D eigenvalue weighted by atomic mass is 35.5. The molecule has 0 unspecified atom stereocenters. The molecule has 0 aliphatic carbocycles. The van der Waals surface area contributed by atoms with Crippen molar-refractivity contribution in [1.29, 1.82) is 0 Å². The van der Waals surface area contributed by atoms with Gasteiger partial charge in [0.05, 0.1) is 13.3 Å². The molecule has 2 aromatic rings. The molecule has 172 valence electrons. The summed E-state index contributed by atoms with van der Waals surface area (Å²) in [7, 11) is 5.49. The van der Waals surface area contributed by atoms with E-state index in [9.17, 15) is 9.59 Å². The Morgan fingerprint density at radius 2 is 1.97 bits per heavy atom. The number of pyridine rings is 1. The Kier molecular flexibility index (Phi) is 8.30. The van der Waals surface area contributed by atoms with Gasteiger partial charge >= 0.3 is 6.03 Å². The maximum atomic E-state index is 12.7. The summed E-state index contributed by atoms with van der Waals surface area (Å²) in [6.45, 7) is 1.79. The molecular formula is C23H30ClN5O3. The fraction of sp³-hybridized carbons (Fsp3) is 0.435. The van der Waals surface area contributed by atoms with Crippen molar-refractivity contribution in [1.82, 2.24) is 20.1 Å². The van der Waals surface area contributed by atoms with Crippen LogP contribution in [0.3, 0.4) is 0 Å². The summed E-state index contributed by atoms with van der Waals surface area (Å²) in [5.41, 5.74) is 1.47. The lowest BCUT2D eigenvalue weighted by Crippen LogP contribution is -2.52. The highest BCUT2D eigenvalue weighted by Gasteiger charge is 2.34. The maximum absolute atomic E-state index is 12.7. The van der Waals surface area contributed by atoms with Crippen LogP contribution < -0.4 is 15.4 Å². The molecule has 0 saturated carbocycles. The molecular weight excluding hydrogens is 430 g/mol. The average molecular weight is 460 g/mol. The third-order valence-electron chi connectivity index (χ3n) is 5.53. The largest absolute Gasteiger partial charge is 0.495 e. The van der Waals surface area contributed by atoms with Crippen molar-refractivity contribution in [3.05, 3.63) is 53.3 Å². The van der Waals surface area contributed by atoms with E-state index >= 15 is 0 Å². The van der Waals surface area contributed by atoms with Crippen molar-refractivity contribution >= 4 is 29.2 Å². The van der Waals surface area contributed by atoms with Crippen molar-refractivity contribution in [2.75, 3.05) is 46.2 Å². The van der Waals surface area contributed by atoms with E-state index in [1.165, 1.54) is 0 Å². The van der Waals surface area contributed by atoms with Crippen molar-refractivity contribution < 1.29 is 14.3 Å². The van der Waals surface area contributed by atoms with Crippen LogP contribution in [0.15, 0.2) is 42.6 Å². The predicted molar refractivity (Wildman–Crippen MR) is 125 cm³/mol. The van der Waals surface area contributed by atoms with Gasteiger partial charge in [-0.25, -0.2) is 4.79 Å². The number of methoxy groups -OCH3 is 1. The van der Waals surface area contributed by atoms with Gasteiger partial charge in [0, 0.05) is 54.4 Å². The van der Waals surface area contributed by atoms with E-state index in [1.807, 2.05) is 36.0 Å². The summed E-state index contributed by atoms with van der Waals surface area (Å²) >= 11 is 5.91. The number of hydrogen-bond acceptors (Lipinski definition) is 5. The van der Waals surface area contributed by atoms with Gasteiger partial charge in [0.25, 0.3) is 0 Å². The lowest BCUT2D eigenvalue weighted by Gasteiger charge is -2.39. The van der Waals surface area contributed by atoms with Crippen molar-refractivity contribution in [3.63, 3.8) is 0 Å². The van der Waals surface area contributed by atoms with E-state index in [-0.39, 0.29) is 23.9 Å². The van der Waals surface area contributed by atoms with Gasteiger partial charge in [-0.2, -0.15) is 0 Å². The summed E-state index contributed by atoms with van der Waals surface area (Å²) in [4.78, 5) is 33.8. The number of rotatable bonds is 7. The Hall–Kier alpha value is -2.84. The highest BCUT2D eigenvalue weighted by molar-refractivity contribution is 6.30. The second kappa shape index (κ2) is 11.2. The summed E-state index contributed by atoms with van der Waals surface area (Å²) in [6, 6.07) is 10.2. The molecule has 2 heterocycles. The number of carbonyl (C=O) groups is 2. The van der Waals surface area contributed by atoms with Gasteiger partial charge in [-0.3, -0.25) is 9.78 Å². The number of carbonyl (C=O) groups excluding carboxylic acids is 2. The van der Waals surface area contributed by atoms with Crippen LogP contribution >= 0.6 is 11.6 Å². The number of halogens is 1. The molecule has 2 N–H and O–H groups in total. The van der Waals surface area contributed by atoms with Crippen LogP contribution in [0.5, 0.6) is 5.75 Å². The van der Waals surface area contributed by atoms with Crippen molar-refractivity contribution in [2.45, 2.75) is 24.8 Å². The molecule has 8 nitrogen and oxygen atoms in total. The molecule has 1 aliphatic heterocycles. The van der Waals surface area contributed by atoms with Gasteiger partial charge in [0.1, 0.15) is 5.75 Å². The molecule has 3 rings (SSSR count). The first kappa shape index (κ1) is 23.8. The predicted octanol–water partition coefficient (Wildman–Crippen LogP) is 3.20. The smallest absolute Gasteiger partial charge is 0.319 e. The molecule has 0 bridgehead atoms. The summed E-state index contributed by atoms with van der Waals surface area (Å²) in [5.74, 6) is 0.642. The van der Waals surface area contributed by atoms with Gasteiger partial charge in [0.2, 0.25) is 5.91 Å². The van der Waals surface area contributed by atoms with Gasteiger partial charge in [-0.05, 0) is 56.9 Å². The SMILES string of the molecule is COc1ccc([C@@H]2CN(C(=O)CCN(C)C)CC[C@H]2NC(=O)Nc2ccc(Cl)cc2)nc1. The van der Waals surface area contributed by atoms with E-state index < -0.39 is 0 Å². The van der Waals surface area contributed by atoms with E-state index in [1.54, 1.807) is 37.6 Å². The lowest BCUT2D eigenvalue weighted by atomic mass is 9.88. The van der Waals surface area contributed by atoms with Crippen LogP contribution in [0, 0.1) is 0 Å². The minimum Gasteiger partial charge on any atom is -0.495 e. The van der Waals surface area contributed by atoms with Gasteiger partial charge in [-0.15, -0.1) is 0 Å². The van der Waals surface area contributed by atoms with Crippen LogP contribution in [0.25, 0.3) is 0 Å². The van der Waals surface area contributed by atoms with E-state index in [0.717, 1.165) is 5.69 Å². The van der Waals surface area contributed by atoms with E-state index in [0.29, 0.717) is 48.9 Å². The quantitative estimate of drug-likeness (QED) is 0.664. The number of ether oxygens (including phenoxy) is 1. The minimum atomic E-state index is -0.303. The highest BCUT2D eigenvalue weighted by Crippen LogP contribution is 2.28. The van der Waals surface area contributed by atoms with Crippen LogP contribution in [0.1, 0.15) is 24.5 Å². The molecule has 3 amide bonds.